The maximum Gasteiger partial charge on any atom is 0.410 e. The number of ether oxygens (including phenoxy) is 1. The molecule has 4 aromatic carbocycles. The summed E-state index contributed by atoms with van der Waals surface area (Å²) in [5.41, 5.74) is 2.56. The predicted octanol–water partition coefficient (Wildman–Crippen LogP) is 7.65. The molecule has 0 radical (unpaired) electrons. The second kappa shape index (κ2) is 15.4. The largest absolute Gasteiger partial charge is 0.445 e. The molecule has 6 rings (SSSR count). The van der Waals surface area contributed by atoms with E-state index in [9.17, 15) is 9.00 Å². The Balaban J connectivity index is 0.986. The molecule has 1 aliphatic heterocycles. The van der Waals surface area contributed by atoms with Crippen molar-refractivity contribution in [3.8, 4) is 0 Å². The van der Waals surface area contributed by atoms with Gasteiger partial charge >= 0.3 is 6.09 Å². The van der Waals surface area contributed by atoms with E-state index in [1.54, 1.807) is 0 Å². The number of hydrogen-bond acceptors (Lipinski definition) is 4. The molecule has 4 aromatic rings. The van der Waals surface area contributed by atoms with Crippen LogP contribution in [0.3, 0.4) is 0 Å². The minimum Gasteiger partial charge on any atom is -0.445 e. The quantitative estimate of drug-likeness (QED) is 0.135. The lowest BCUT2D eigenvalue weighted by Gasteiger charge is -2.44. The molecule has 1 saturated carbocycles. The molecular formula is C39H48N3O3S+. The number of piperidine rings is 1. The second-order valence-corrected chi connectivity index (χ2v) is 14.6. The van der Waals surface area contributed by atoms with Gasteiger partial charge in [0.15, 0.2) is 15.9 Å². The first kappa shape index (κ1) is 32.4. The maximum atomic E-state index is 13.2. The normalized spacial score (nSPS) is 21.5. The number of likely N-dealkylation sites (tertiary alicyclic amines) is 1. The fourth-order valence-corrected chi connectivity index (χ4v) is 8.69. The van der Waals surface area contributed by atoms with Gasteiger partial charge in [-0.15, -0.1) is 4.72 Å². The van der Waals surface area contributed by atoms with Gasteiger partial charge in [0.05, 0.1) is 0 Å². The van der Waals surface area contributed by atoms with E-state index in [4.69, 9.17) is 4.74 Å². The van der Waals surface area contributed by atoms with Gasteiger partial charge in [-0.25, -0.2) is 4.79 Å². The van der Waals surface area contributed by atoms with E-state index >= 15 is 0 Å². The maximum absolute atomic E-state index is 13.2. The van der Waals surface area contributed by atoms with Gasteiger partial charge in [-0.3, -0.25) is 0 Å². The molecule has 0 bridgehead atoms. The van der Waals surface area contributed by atoms with Crippen LogP contribution in [0.1, 0.15) is 56.1 Å². The molecule has 1 N–H and O–H groups in total. The molecule has 1 heterocycles. The highest BCUT2D eigenvalue weighted by molar-refractivity contribution is 7.83. The van der Waals surface area contributed by atoms with Gasteiger partial charge in [0.2, 0.25) is 0 Å². The lowest BCUT2D eigenvalue weighted by Crippen LogP contribution is -2.45. The molecule has 0 spiro atoms. The van der Waals surface area contributed by atoms with Crippen molar-refractivity contribution in [3.05, 3.63) is 114 Å². The summed E-state index contributed by atoms with van der Waals surface area (Å²) >= 11 is 0. The number of rotatable bonds is 11. The first-order valence-electron chi connectivity index (χ1n) is 16.9. The Morgan fingerprint density at radius 3 is 2.26 bits per heavy atom. The molecule has 2 aliphatic rings. The Morgan fingerprint density at radius 1 is 0.870 bits per heavy atom. The van der Waals surface area contributed by atoms with E-state index in [1.807, 2.05) is 66.5 Å². The Morgan fingerprint density at radius 2 is 1.52 bits per heavy atom. The zero-order valence-electron chi connectivity index (χ0n) is 27.0. The summed E-state index contributed by atoms with van der Waals surface area (Å²) in [4.78, 5) is 18.2. The van der Waals surface area contributed by atoms with Crippen LogP contribution in [0.4, 0.5) is 4.79 Å². The number of hydrogen-bond donors (Lipinski definition) is 1. The summed E-state index contributed by atoms with van der Waals surface area (Å²) in [6, 6.07) is 35.3. The number of carbonyl (C=O) groups excluding carboxylic acids is 1. The fraction of sp³-hybridized carbons (Fsp3) is 0.410. The number of amides is 1. The topological polar surface area (TPSA) is 61.9 Å². The lowest BCUT2D eigenvalue weighted by molar-refractivity contribution is 0.0727. The number of nitrogens with one attached hydrogen (secondary N) is 1. The van der Waals surface area contributed by atoms with Crippen molar-refractivity contribution < 1.29 is 13.7 Å². The number of benzene rings is 4. The molecule has 1 aliphatic carbocycles. The van der Waals surface area contributed by atoms with Crippen LogP contribution < -0.4 is 4.72 Å². The van der Waals surface area contributed by atoms with Gasteiger partial charge in [-0.1, -0.05) is 95.2 Å². The molecule has 2 fully saturated rings. The Bertz CT molecular complexity index is 1580. The zero-order valence-corrected chi connectivity index (χ0v) is 27.9. The molecule has 1 unspecified atom stereocenters. The van der Waals surface area contributed by atoms with Crippen LogP contribution in [0.2, 0.25) is 0 Å². The van der Waals surface area contributed by atoms with Gasteiger partial charge in [-0.05, 0) is 105 Å². The summed E-state index contributed by atoms with van der Waals surface area (Å²) in [7, 11) is 0.262. The zero-order chi connectivity index (χ0) is 31.8. The summed E-state index contributed by atoms with van der Waals surface area (Å²) in [5.74, 6) is 0.542. The van der Waals surface area contributed by atoms with Crippen LogP contribution in [-0.4, -0.2) is 55.2 Å². The monoisotopic (exact) mass is 638 g/mol. The van der Waals surface area contributed by atoms with Gasteiger partial charge in [0.25, 0.3) is 0 Å². The van der Waals surface area contributed by atoms with Crippen molar-refractivity contribution >= 4 is 27.9 Å². The third-order valence-electron chi connectivity index (χ3n) is 10.5. The van der Waals surface area contributed by atoms with Crippen LogP contribution in [-0.2, 0) is 32.0 Å². The second-order valence-electron chi connectivity index (χ2n) is 13.2. The number of fused-ring (bicyclic) bond motifs is 1. The molecule has 6 nitrogen and oxygen atoms in total. The minimum absolute atomic E-state index is 0.127. The molecular weight excluding hydrogens is 591 g/mol. The van der Waals surface area contributed by atoms with E-state index in [2.05, 4.69) is 58.2 Å². The minimum atomic E-state index is -1.63. The molecule has 0 aromatic heterocycles. The molecule has 242 valence electrons. The average molecular weight is 639 g/mol. The summed E-state index contributed by atoms with van der Waals surface area (Å²) < 4.78 is 22.2. The van der Waals surface area contributed by atoms with E-state index in [0.29, 0.717) is 12.5 Å². The van der Waals surface area contributed by atoms with Gasteiger partial charge in [0.1, 0.15) is 6.61 Å². The van der Waals surface area contributed by atoms with E-state index in [-0.39, 0.29) is 17.6 Å². The summed E-state index contributed by atoms with van der Waals surface area (Å²) in [5, 5.41) is 2.21. The van der Waals surface area contributed by atoms with Crippen LogP contribution >= 0.6 is 0 Å². The van der Waals surface area contributed by atoms with Crippen molar-refractivity contribution in [2.75, 3.05) is 33.2 Å². The van der Waals surface area contributed by atoms with Crippen molar-refractivity contribution in [2.24, 2.45) is 5.92 Å². The van der Waals surface area contributed by atoms with Crippen molar-refractivity contribution in [2.45, 2.75) is 67.9 Å². The Hall–Kier alpha value is -3.52. The van der Waals surface area contributed by atoms with E-state index < -0.39 is 11.0 Å². The lowest BCUT2D eigenvalue weighted by atomic mass is 9.66. The van der Waals surface area contributed by atoms with Gasteiger partial charge in [0, 0.05) is 25.0 Å². The average Bonchev–Trinajstić information content (AvgIpc) is 3.13. The summed E-state index contributed by atoms with van der Waals surface area (Å²) in [6.07, 6.45) is 7.24. The highest BCUT2D eigenvalue weighted by Crippen LogP contribution is 2.43. The number of thiol groups is 1. The SMILES string of the molecule is CN(C(=O)OCc1ccccc1)C1CCC(CCN2CCC(CN[SH+](=O)c3cccc4ccccc34)CC2)(c2ccccc2)CC1. The van der Waals surface area contributed by atoms with Crippen LogP contribution in [0.15, 0.2) is 108 Å². The standard InChI is InChI=1S/C39H47N3O3S/c1-41(38(43)45-30-32-11-4-2-5-12-32)35-19-23-39(24-20-35,34-15-6-3-7-16-34)25-28-42-26-21-31(22-27-42)29-40-46(44)37-18-10-14-33-13-8-9-17-36(33)37/h2-18,31,35H,19-30H2,1H3,(H,40,44)/p+1. The van der Waals surface area contributed by atoms with Crippen LogP contribution in [0.25, 0.3) is 10.8 Å². The fourth-order valence-electron chi connectivity index (χ4n) is 7.46. The highest BCUT2D eigenvalue weighted by atomic mass is 32.2. The van der Waals surface area contributed by atoms with Gasteiger partial charge in [-0.2, -0.15) is 0 Å². The molecule has 1 amide bonds. The molecule has 1 saturated heterocycles. The first-order chi connectivity index (χ1) is 22.5. The van der Waals surface area contributed by atoms with Crippen molar-refractivity contribution in [1.29, 1.82) is 0 Å². The Labute approximate surface area is 276 Å². The van der Waals surface area contributed by atoms with E-state index in [1.165, 1.54) is 5.56 Å². The first-order valence-corrected chi connectivity index (χ1v) is 18.2. The molecule has 1 atom stereocenters. The smallest absolute Gasteiger partial charge is 0.410 e. The van der Waals surface area contributed by atoms with Crippen LogP contribution in [0, 0.1) is 5.92 Å². The number of carbonyl (C=O) groups is 1. The highest BCUT2D eigenvalue weighted by Gasteiger charge is 2.39. The Kier molecular flexibility index (Phi) is 10.8. The van der Waals surface area contributed by atoms with Gasteiger partial charge < -0.3 is 14.5 Å². The van der Waals surface area contributed by atoms with Crippen molar-refractivity contribution in [3.63, 3.8) is 0 Å². The third kappa shape index (κ3) is 7.88. The molecule has 7 heteroatoms. The summed E-state index contributed by atoms with van der Waals surface area (Å²) in [6.45, 7) is 4.35. The van der Waals surface area contributed by atoms with Crippen molar-refractivity contribution in [1.82, 2.24) is 14.5 Å². The number of nitrogens with zero attached hydrogens (tertiary/aromatic N) is 2. The predicted molar refractivity (Wildman–Crippen MR) is 188 cm³/mol. The van der Waals surface area contributed by atoms with Crippen LogP contribution in [0.5, 0.6) is 0 Å². The van der Waals surface area contributed by atoms with E-state index in [0.717, 1.165) is 92.4 Å². The molecule has 46 heavy (non-hydrogen) atoms. The third-order valence-corrected chi connectivity index (χ3v) is 11.8.